The summed E-state index contributed by atoms with van der Waals surface area (Å²) in [5.74, 6) is -3.94. The Kier molecular flexibility index (Phi) is 18.9. The summed E-state index contributed by atoms with van der Waals surface area (Å²) in [7, 11) is 0. The van der Waals surface area contributed by atoms with Crippen LogP contribution < -0.4 is 5.32 Å². The van der Waals surface area contributed by atoms with Crippen molar-refractivity contribution in [2.24, 2.45) is 0 Å². The van der Waals surface area contributed by atoms with E-state index in [1.54, 1.807) is 0 Å². The molecule has 0 radical (unpaired) electrons. The molecule has 0 saturated carbocycles. The van der Waals surface area contributed by atoms with Crippen LogP contribution in [0.1, 0.15) is 118 Å². The Balaban J connectivity index is 2.56. The maximum Gasteiger partial charge on any atom is 0.303 e. The number of carboxylic acids is 1. The molecule has 1 heterocycles. The van der Waals surface area contributed by atoms with E-state index < -0.39 is 60.5 Å². The highest BCUT2D eigenvalue weighted by Gasteiger charge is 2.52. The SMILES string of the molecule is CC(=O)OC[C@H]1OC(NC(=O)CCCCCCCCCCCCCCC(=O)O)[C@H](OC(C)=O)[C@@H](OC(C)=O)[C@H]1OC(C)=O. The predicted molar refractivity (Wildman–Crippen MR) is 152 cm³/mol. The van der Waals surface area contributed by atoms with Gasteiger partial charge in [0.25, 0.3) is 0 Å². The Morgan fingerprint density at radius 1 is 0.581 bits per heavy atom. The summed E-state index contributed by atoms with van der Waals surface area (Å²) in [6.07, 6.45) is 6.19. The normalized spacial score (nSPS) is 21.3. The van der Waals surface area contributed by atoms with Crippen LogP contribution in [-0.4, -0.2) is 78.1 Å². The van der Waals surface area contributed by atoms with Crippen LogP contribution in [0, 0.1) is 0 Å². The quantitative estimate of drug-likeness (QED) is 0.109. The number of hydrogen-bond acceptors (Lipinski definition) is 11. The van der Waals surface area contributed by atoms with Crippen molar-refractivity contribution >= 4 is 35.8 Å². The van der Waals surface area contributed by atoms with Gasteiger partial charge in [0.15, 0.2) is 24.5 Å². The fourth-order valence-electron chi connectivity index (χ4n) is 4.90. The predicted octanol–water partition coefficient (Wildman–Crippen LogP) is 3.73. The van der Waals surface area contributed by atoms with Gasteiger partial charge in [-0.3, -0.25) is 28.8 Å². The lowest BCUT2D eigenvalue weighted by molar-refractivity contribution is -0.257. The highest BCUT2D eigenvalue weighted by molar-refractivity contribution is 5.76. The molecule has 13 nitrogen and oxygen atoms in total. The lowest BCUT2D eigenvalue weighted by Crippen LogP contribution is -2.66. The van der Waals surface area contributed by atoms with E-state index in [9.17, 15) is 28.8 Å². The van der Waals surface area contributed by atoms with Gasteiger partial charge in [-0.2, -0.15) is 0 Å². The average molecular weight is 616 g/mol. The molecule has 13 heteroatoms. The van der Waals surface area contributed by atoms with Crippen LogP contribution in [0.4, 0.5) is 0 Å². The first-order valence-electron chi connectivity index (χ1n) is 15.2. The summed E-state index contributed by atoms with van der Waals surface area (Å²) >= 11 is 0. The van der Waals surface area contributed by atoms with Crippen LogP contribution in [0.15, 0.2) is 0 Å². The number of amides is 1. The van der Waals surface area contributed by atoms with E-state index in [-0.39, 0.29) is 25.4 Å². The third-order valence-electron chi connectivity index (χ3n) is 6.84. The van der Waals surface area contributed by atoms with Crippen LogP contribution in [0.25, 0.3) is 0 Å². The van der Waals surface area contributed by atoms with Gasteiger partial charge < -0.3 is 34.1 Å². The van der Waals surface area contributed by atoms with Gasteiger partial charge in [0.2, 0.25) is 5.91 Å². The molecule has 0 aromatic rings. The van der Waals surface area contributed by atoms with Gasteiger partial charge in [0, 0.05) is 40.5 Å². The third-order valence-corrected chi connectivity index (χ3v) is 6.84. The van der Waals surface area contributed by atoms with Crippen LogP contribution in [0.3, 0.4) is 0 Å². The van der Waals surface area contributed by atoms with Gasteiger partial charge in [-0.25, -0.2) is 0 Å². The van der Waals surface area contributed by atoms with Gasteiger partial charge in [0.1, 0.15) is 12.7 Å². The number of carbonyl (C=O) groups is 6. The van der Waals surface area contributed by atoms with Gasteiger partial charge in [0.05, 0.1) is 0 Å². The van der Waals surface area contributed by atoms with E-state index in [4.69, 9.17) is 28.8 Å². The Hall–Kier alpha value is -3.22. The third kappa shape index (κ3) is 17.5. The lowest BCUT2D eigenvalue weighted by atomic mass is 9.97. The van der Waals surface area contributed by atoms with Crippen molar-refractivity contribution in [1.82, 2.24) is 5.32 Å². The molecule has 0 bridgehead atoms. The maximum absolute atomic E-state index is 12.8. The summed E-state index contributed by atoms with van der Waals surface area (Å²) < 4.78 is 27.0. The first-order valence-corrected chi connectivity index (χ1v) is 15.2. The van der Waals surface area contributed by atoms with E-state index in [1.807, 2.05) is 0 Å². The summed E-state index contributed by atoms with van der Waals surface area (Å²) in [4.78, 5) is 70.4. The number of aliphatic carboxylic acids is 1. The topological polar surface area (TPSA) is 181 Å². The maximum atomic E-state index is 12.8. The molecule has 1 saturated heterocycles. The Morgan fingerprint density at radius 2 is 1.00 bits per heavy atom. The van der Waals surface area contributed by atoms with E-state index in [0.717, 1.165) is 91.4 Å². The monoisotopic (exact) mass is 615 g/mol. The molecule has 1 aliphatic rings. The lowest BCUT2D eigenvalue weighted by Gasteiger charge is -2.44. The number of unbranched alkanes of at least 4 members (excludes halogenated alkanes) is 11. The van der Waals surface area contributed by atoms with Crippen LogP contribution >= 0.6 is 0 Å². The fraction of sp³-hybridized carbons (Fsp3) is 0.800. The van der Waals surface area contributed by atoms with Crippen molar-refractivity contribution in [3.8, 4) is 0 Å². The average Bonchev–Trinajstić information content (AvgIpc) is 2.90. The van der Waals surface area contributed by atoms with Crippen LogP contribution in [0.2, 0.25) is 0 Å². The molecule has 246 valence electrons. The zero-order chi connectivity index (χ0) is 32.2. The van der Waals surface area contributed by atoms with Gasteiger partial charge >= 0.3 is 29.8 Å². The highest BCUT2D eigenvalue weighted by Crippen LogP contribution is 2.28. The van der Waals surface area contributed by atoms with Crippen molar-refractivity contribution < 1.29 is 57.6 Å². The number of hydrogen-bond donors (Lipinski definition) is 2. The molecule has 43 heavy (non-hydrogen) atoms. The number of ether oxygens (including phenoxy) is 5. The Morgan fingerprint density at radius 3 is 1.44 bits per heavy atom. The van der Waals surface area contributed by atoms with Crippen molar-refractivity contribution in [1.29, 1.82) is 0 Å². The molecule has 1 amide bonds. The molecule has 1 aliphatic heterocycles. The first kappa shape index (κ1) is 37.8. The largest absolute Gasteiger partial charge is 0.481 e. The van der Waals surface area contributed by atoms with Crippen molar-refractivity contribution in [3.05, 3.63) is 0 Å². The van der Waals surface area contributed by atoms with E-state index in [1.165, 1.54) is 6.92 Å². The number of rotatable bonds is 21. The van der Waals surface area contributed by atoms with Crippen molar-refractivity contribution in [2.45, 2.75) is 148 Å². The molecule has 2 N–H and O–H groups in total. The standard InChI is InChI=1S/C30H49NO12/c1-20(32)39-19-24-27(40-21(2)33)28(41-22(3)34)29(42-23(4)35)30(43-24)31-25(36)17-15-13-11-9-7-5-6-8-10-12-14-16-18-26(37)38/h24,27-30H,5-19H2,1-4H3,(H,31,36)(H,37,38)/t24-,27+,28+,29-,30?/m1/s1. The molecule has 1 rings (SSSR count). The summed E-state index contributed by atoms with van der Waals surface area (Å²) in [5, 5.41) is 11.3. The smallest absolute Gasteiger partial charge is 0.303 e. The van der Waals surface area contributed by atoms with E-state index in [0.29, 0.717) is 6.42 Å². The molecule has 0 aliphatic carbocycles. The highest BCUT2D eigenvalue weighted by atomic mass is 16.7. The van der Waals surface area contributed by atoms with Gasteiger partial charge in [-0.15, -0.1) is 0 Å². The fourth-order valence-corrected chi connectivity index (χ4v) is 4.90. The molecular formula is C30H49NO12. The molecule has 0 spiro atoms. The number of esters is 4. The minimum absolute atomic E-state index is 0.189. The minimum Gasteiger partial charge on any atom is -0.481 e. The van der Waals surface area contributed by atoms with Gasteiger partial charge in [-0.05, 0) is 12.8 Å². The second kappa shape index (κ2) is 21.5. The van der Waals surface area contributed by atoms with Gasteiger partial charge in [-0.1, -0.05) is 64.2 Å². The van der Waals surface area contributed by atoms with Crippen molar-refractivity contribution in [3.63, 3.8) is 0 Å². The van der Waals surface area contributed by atoms with Crippen molar-refractivity contribution in [2.75, 3.05) is 6.61 Å². The summed E-state index contributed by atoms with van der Waals surface area (Å²) in [6.45, 7) is 4.23. The molecule has 5 atom stereocenters. The van der Waals surface area contributed by atoms with E-state index >= 15 is 0 Å². The summed E-state index contributed by atoms with van der Waals surface area (Å²) in [5.41, 5.74) is 0. The Bertz CT molecular complexity index is 908. The minimum atomic E-state index is -1.33. The Labute approximate surface area is 253 Å². The number of nitrogens with one attached hydrogen (secondary N) is 1. The van der Waals surface area contributed by atoms with E-state index in [2.05, 4.69) is 5.32 Å². The number of carboxylic acid groups (broad SMARTS) is 1. The second-order valence-electron chi connectivity index (χ2n) is 10.8. The second-order valence-corrected chi connectivity index (χ2v) is 10.8. The summed E-state index contributed by atoms with van der Waals surface area (Å²) in [6, 6.07) is 0. The molecular weight excluding hydrogens is 566 g/mol. The molecule has 0 aromatic carbocycles. The molecule has 0 aromatic heterocycles. The molecule has 1 unspecified atom stereocenters. The zero-order valence-electron chi connectivity index (χ0n) is 25.9. The first-order chi connectivity index (χ1) is 20.4. The van der Waals surface area contributed by atoms with Crippen LogP contribution in [0.5, 0.6) is 0 Å². The zero-order valence-corrected chi connectivity index (χ0v) is 25.9. The van der Waals surface area contributed by atoms with Crippen LogP contribution in [-0.2, 0) is 52.5 Å². The molecule has 1 fully saturated rings. The number of carbonyl (C=O) groups excluding carboxylic acids is 5.